The van der Waals surface area contributed by atoms with Crippen LogP contribution in [0.2, 0.25) is 0 Å². The quantitative estimate of drug-likeness (QED) is 0.240. The Morgan fingerprint density at radius 3 is 2.67 bits per heavy atom. The van der Waals surface area contributed by atoms with Gasteiger partial charge in [0.25, 0.3) is 0 Å². The Kier molecular flexibility index (Phi) is 9.45. The molecule has 0 saturated heterocycles. The highest BCUT2D eigenvalue weighted by atomic mass is 127. The van der Waals surface area contributed by atoms with E-state index in [-0.39, 0.29) is 30.0 Å². The van der Waals surface area contributed by atoms with Crippen molar-refractivity contribution in [1.82, 2.24) is 20.5 Å². The lowest BCUT2D eigenvalue weighted by Crippen LogP contribution is -2.42. The van der Waals surface area contributed by atoms with Gasteiger partial charge in [0, 0.05) is 37.2 Å². The predicted octanol–water partition coefficient (Wildman–Crippen LogP) is 3.80. The molecule has 0 bridgehead atoms. The van der Waals surface area contributed by atoms with E-state index in [2.05, 4.69) is 82.2 Å². The number of halogens is 1. The first-order chi connectivity index (χ1) is 14.1. The molecule has 0 spiro atoms. The molecular formula is C23H32IN5O. The number of aromatic nitrogens is 1. The summed E-state index contributed by atoms with van der Waals surface area (Å²) in [7, 11) is 7.66. The fourth-order valence-corrected chi connectivity index (χ4v) is 3.52. The first-order valence-electron chi connectivity index (χ1n) is 9.92. The number of nitrogens with zero attached hydrogens (tertiary/aromatic N) is 2. The number of likely N-dealkylation sites (N-methyl/N-ethyl adjacent to an activating group) is 1. The summed E-state index contributed by atoms with van der Waals surface area (Å²) in [6.45, 7) is 1.56. The second-order valence-electron chi connectivity index (χ2n) is 7.25. The van der Waals surface area contributed by atoms with Crippen LogP contribution in [0.15, 0.2) is 59.7 Å². The van der Waals surface area contributed by atoms with Gasteiger partial charge in [-0.3, -0.25) is 4.99 Å². The van der Waals surface area contributed by atoms with Crippen molar-refractivity contribution in [2.45, 2.75) is 12.5 Å². The maximum atomic E-state index is 5.37. The molecule has 0 aliphatic rings. The number of H-pyrrole nitrogens is 1. The van der Waals surface area contributed by atoms with Crippen molar-refractivity contribution in [3.63, 3.8) is 0 Å². The number of aliphatic imine (C=N–C) groups is 1. The monoisotopic (exact) mass is 521 g/mol. The minimum absolute atomic E-state index is 0. The molecular weight excluding hydrogens is 489 g/mol. The summed E-state index contributed by atoms with van der Waals surface area (Å²) >= 11 is 0. The Morgan fingerprint density at radius 1 is 1.13 bits per heavy atom. The summed E-state index contributed by atoms with van der Waals surface area (Å²) < 4.78 is 5.37. The minimum atomic E-state index is 0. The van der Waals surface area contributed by atoms with Crippen molar-refractivity contribution < 1.29 is 4.74 Å². The largest absolute Gasteiger partial charge is 0.497 e. The number of para-hydroxylation sites is 1. The van der Waals surface area contributed by atoms with Crippen LogP contribution in [0, 0.1) is 0 Å². The third kappa shape index (κ3) is 6.12. The third-order valence-electron chi connectivity index (χ3n) is 5.15. The van der Waals surface area contributed by atoms with E-state index in [0.717, 1.165) is 31.2 Å². The number of guanidine groups is 1. The fraction of sp³-hybridized carbons (Fsp3) is 0.348. The smallest absolute Gasteiger partial charge is 0.191 e. The van der Waals surface area contributed by atoms with Crippen molar-refractivity contribution in [3.05, 3.63) is 65.9 Å². The number of fused-ring (bicyclic) bond motifs is 1. The van der Waals surface area contributed by atoms with Gasteiger partial charge < -0.3 is 25.3 Å². The molecule has 30 heavy (non-hydrogen) atoms. The summed E-state index contributed by atoms with van der Waals surface area (Å²) in [5.41, 5.74) is 3.69. The molecule has 1 aromatic heterocycles. The van der Waals surface area contributed by atoms with Crippen LogP contribution in [0.3, 0.4) is 0 Å². The lowest BCUT2D eigenvalue weighted by Gasteiger charge is -2.26. The predicted molar refractivity (Wildman–Crippen MR) is 136 cm³/mol. The Hall–Kier alpha value is -2.26. The van der Waals surface area contributed by atoms with Gasteiger partial charge in [-0.25, -0.2) is 0 Å². The van der Waals surface area contributed by atoms with Gasteiger partial charge in [-0.05, 0) is 49.8 Å². The van der Waals surface area contributed by atoms with Gasteiger partial charge in [-0.15, -0.1) is 24.0 Å². The molecule has 0 radical (unpaired) electrons. The van der Waals surface area contributed by atoms with E-state index in [1.165, 1.54) is 22.0 Å². The second-order valence-corrected chi connectivity index (χ2v) is 7.25. The molecule has 3 N–H and O–H groups in total. The molecule has 3 rings (SSSR count). The first kappa shape index (κ1) is 24.0. The van der Waals surface area contributed by atoms with E-state index in [0.29, 0.717) is 0 Å². The number of aromatic amines is 1. The Morgan fingerprint density at radius 2 is 1.93 bits per heavy atom. The number of methoxy groups -OCH3 is 1. The average Bonchev–Trinajstić information content (AvgIpc) is 3.15. The summed E-state index contributed by atoms with van der Waals surface area (Å²) in [5, 5.41) is 8.16. The van der Waals surface area contributed by atoms with Gasteiger partial charge in [0.15, 0.2) is 5.96 Å². The van der Waals surface area contributed by atoms with E-state index in [1.54, 1.807) is 14.2 Å². The zero-order valence-corrected chi connectivity index (χ0v) is 20.4. The molecule has 0 saturated carbocycles. The first-order valence-corrected chi connectivity index (χ1v) is 9.92. The van der Waals surface area contributed by atoms with Crippen LogP contribution < -0.4 is 15.4 Å². The standard InChI is InChI=1S/C23H31N5O.HI/c1-24-23(25-13-12-18-15-26-21-11-6-5-10-20(18)21)27-16-22(28(2)3)17-8-7-9-19(14-17)29-4;/h5-11,14-15,22,26H,12-13,16H2,1-4H3,(H2,24,25,27);1H. The molecule has 7 heteroatoms. The van der Waals surface area contributed by atoms with Gasteiger partial charge in [-0.1, -0.05) is 30.3 Å². The molecule has 1 heterocycles. The zero-order chi connectivity index (χ0) is 20.6. The van der Waals surface area contributed by atoms with Crippen molar-refractivity contribution in [1.29, 1.82) is 0 Å². The number of benzene rings is 2. The van der Waals surface area contributed by atoms with Crippen LogP contribution >= 0.6 is 24.0 Å². The van der Waals surface area contributed by atoms with Crippen molar-refractivity contribution in [2.75, 3.05) is 41.3 Å². The molecule has 0 amide bonds. The molecule has 162 valence electrons. The maximum absolute atomic E-state index is 5.37. The highest BCUT2D eigenvalue weighted by Gasteiger charge is 2.15. The normalized spacial score (nSPS) is 12.5. The van der Waals surface area contributed by atoms with Gasteiger partial charge in [0.05, 0.1) is 13.2 Å². The summed E-state index contributed by atoms with van der Waals surface area (Å²) in [5.74, 6) is 1.68. The Bertz CT molecular complexity index is 953. The molecule has 1 atom stereocenters. The van der Waals surface area contributed by atoms with Crippen LogP contribution in [0.5, 0.6) is 5.75 Å². The molecule has 0 aliphatic heterocycles. The molecule has 3 aromatic rings. The maximum Gasteiger partial charge on any atom is 0.191 e. The second kappa shape index (κ2) is 11.8. The Balaban J connectivity index is 0.00000320. The topological polar surface area (TPSA) is 64.7 Å². The van der Waals surface area contributed by atoms with Gasteiger partial charge in [0.2, 0.25) is 0 Å². The highest BCUT2D eigenvalue weighted by molar-refractivity contribution is 14.0. The van der Waals surface area contributed by atoms with Gasteiger partial charge in [0.1, 0.15) is 5.75 Å². The summed E-state index contributed by atoms with van der Waals surface area (Å²) in [6.07, 6.45) is 3.02. The third-order valence-corrected chi connectivity index (χ3v) is 5.15. The summed E-state index contributed by atoms with van der Waals surface area (Å²) in [6, 6.07) is 16.8. The van der Waals surface area contributed by atoms with Crippen LogP contribution in [0.1, 0.15) is 17.2 Å². The van der Waals surface area contributed by atoms with Crippen molar-refractivity contribution >= 4 is 40.8 Å². The van der Waals surface area contributed by atoms with Crippen LogP contribution in [-0.4, -0.2) is 57.2 Å². The van der Waals surface area contributed by atoms with Crippen LogP contribution in [-0.2, 0) is 6.42 Å². The number of rotatable bonds is 8. The van der Waals surface area contributed by atoms with E-state index >= 15 is 0 Å². The molecule has 0 fully saturated rings. The van der Waals surface area contributed by atoms with Crippen molar-refractivity contribution in [3.8, 4) is 5.75 Å². The fourth-order valence-electron chi connectivity index (χ4n) is 3.52. The van der Waals surface area contributed by atoms with E-state index in [4.69, 9.17) is 4.74 Å². The molecule has 1 unspecified atom stereocenters. The summed E-state index contributed by atoms with van der Waals surface area (Å²) in [4.78, 5) is 9.90. The zero-order valence-electron chi connectivity index (χ0n) is 18.1. The molecule has 0 aliphatic carbocycles. The van der Waals surface area contributed by atoms with E-state index in [1.807, 2.05) is 12.1 Å². The van der Waals surface area contributed by atoms with Gasteiger partial charge >= 0.3 is 0 Å². The van der Waals surface area contributed by atoms with E-state index < -0.39 is 0 Å². The van der Waals surface area contributed by atoms with Crippen LogP contribution in [0.25, 0.3) is 10.9 Å². The minimum Gasteiger partial charge on any atom is -0.497 e. The van der Waals surface area contributed by atoms with E-state index in [9.17, 15) is 0 Å². The van der Waals surface area contributed by atoms with Crippen molar-refractivity contribution in [2.24, 2.45) is 4.99 Å². The number of hydrogen-bond donors (Lipinski definition) is 3. The Labute approximate surface area is 196 Å². The number of ether oxygens (including phenoxy) is 1. The lowest BCUT2D eigenvalue weighted by atomic mass is 10.1. The highest BCUT2D eigenvalue weighted by Crippen LogP contribution is 2.22. The molecule has 6 nitrogen and oxygen atoms in total. The van der Waals surface area contributed by atoms with Crippen LogP contribution in [0.4, 0.5) is 0 Å². The number of hydrogen-bond acceptors (Lipinski definition) is 3. The van der Waals surface area contributed by atoms with Gasteiger partial charge in [-0.2, -0.15) is 0 Å². The lowest BCUT2D eigenvalue weighted by molar-refractivity contribution is 0.297. The molecule has 2 aromatic carbocycles. The number of nitrogens with one attached hydrogen (secondary N) is 3. The average molecular weight is 521 g/mol. The SMILES string of the molecule is CN=C(NCCc1c[nH]c2ccccc12)NCC(c1cccc(OC)c1)N(C)C.I.